The molecule has 1 N–H and O–H groups in total. The molecule has 0 radical (unpaired) electrons. The highest BCUT2D eigenvalue weighted by atomic mass is 19.3. The van der Waals surface area contributed by atoms with Crippen molar-refractivity contribution in [3.05, 3.63) is 36.2 Å². The zero-order valence-corrected chi connectivity index (χ0v) is 18.6. The second kappa shape index (κ2) is 8.78. The standard InChI is InChI=1S/C22H22F3N7O3/c23-15-12-27-19(32-6-5-28-29-32)17-16(15)14(11-26-17)18(33)21(35)31-9-7-30(8-10-31)20(34)13-1-3-22(24,25)4-2-13/h5-6,11-13,26H,1-4,7-10H2. The van der Waals surface area contributed by atoms with Crippen LogP contribution in [0, 0.1) is 11.7 Å². The van der Waals surface area contributed by atoms with Crippen LogP contribution in [0.5, 0.6) is 0 Å². The first kappa shape index (κ1) is 23.0. The summed E-state index contributed by atoms with van der Waals surface area (Å²) >= 11 is 0. The average molecular weight is 489 g/mol. The van der Waals surface area contributed by atoms with Gasteiger partial charge in [0.25, 0.3) is 11.7 Å². The van der Waals surface area contributed by atoms with Gasteiger partial charge in [-0.05, 0) is 12.8 Å². The lowest BCUT2D eigenvalue weighted by Crippen LogP contribution is -2.53. The number of ketones is 1. The highest BCUT2D eigenvalue weighted by Crippen LogP contribution is 2.37. The Kier molecular flexibility index (Phi) is 5.77. The summed E-state index contributed by atoms with van der Waals surface area (Å²) in [4.78, 5) is 48.3. The molecule has 5 rings (SSSR count). The predicted octanol–water partition coefficient (Wildman–Crippen LogP) is 1.96. The lowest BCUT2D eigenvalue weighted by Gasteiger charge is -2.37. The van der Waals surface area contributed by atoms with E-state index in [0.717, 1.165) is 6.20 Å². The molecule has 1 saturated heterocycles. The molecule has 2 amide bonds. The van der Waals surface area contributed by atoms with Crippen molar-refractivity contribution in [1.29, 1.82) is 0 Å². The number of nitrogens with one attached hydrogen (secondary N) is 1. The van der Waals surface area contributed by atoms with Gasteiger partial charge in [-0.3, -0.25) is 14.4 Å². The van der Waals surface area contributed by atoms with Crippen LogP contribution in [0.15, 0.2) is 24.8 Å². The summed E-state index contributed by atoms with van der Waals surface area (Å²) in [5, 5.41) is 7.44. The van der Waals surface area contributed by atoms with Gasteiger partial charge in [-0.25, -0.2) is 22.8 Å². The highest BCUT2D eigenvalue weighted by molar-refractivity contribution is 6.45. The lowest BCUT2D eigenvalue weighted by molar-refractivity contribution is -0.143. The van der Waals surface area contributed by atoms with Crippen LogP contribution in [0.3, 0.4) is 0 Å². The summed E-state index contributed by atoms with van der Waals surface area (Å²) < 4.78 is 42.7. The number of pyridine rings is 1. The Hall–Kier alpha value is -3.77. The van der Waals surface area contributed by atoms with Crippen molar-refractivity contribution in [1.82, 2.24) is 34.8 Å². The van der Waals surface area contributed by atoms with Gasteiger partial charge in [-0.1, -0.05) is 5.21 Å². The first-order valence-electron chi connectivity index (χ1n) is 11.3. The van der Waals surface area contributed by atoms with E-state index in [1.807, 2.05) is 0 Å². The van der Waals surface area contributed by atoms with E-state index in [-0.39, 0.29) is 80.1 Å². The molecule has 1 saturated carbocycles. The van der Waals surface area contributed by atoms with Crippen LogP contribution in [0.4, 0.5) is 13.2 Å². The van der Waals surface area contributed by atoms with E-state index in [9.17, 15) is 27.6 Å². The molecule has 1 aliphatic heterocycles. The predicted molar refractivity (Wildman–Crippen MR) is 115 cm³/mol. The third-order valence-corrected chi connectivity index (χ3v) is 6.67. The zero-order valence-electron chi connectivity index (χ0n) is 18.6. The van der Waals surface area contributed by atoms with Gasteiger partial charge in [0.05, 0.1) is 35.1 Å². The molecule has 0 aromatic carbocycles. The average Bonchev–Trinajstić information content (AvgIpc) is 3.54. The molecule has 0 unspecified atom stereocenters. The van der Waals surface area contributed by atoms with Crippen LogP contribution in [-0.2, 0) is 9.59 Å². The molecule has 10 nitrogen and oxygen atoms in total. The number of Topliss-reactive ketones (excluding diaryl/α,β-unsaturated/α-hetero) is 1. The Balaban J connectivity index is 1.27. The molecule has 3 aromatic rings. The first-order valence-corrected chi connectivity index (χ1v) is 11.3. The number of alkyl halides is 2. The fraction of sp³-hybridized carbons (Fsp3) is 0.455. The van der Waals surface area contributed by atoms with Gasteiger partial charge in [-0.15, -0.1) is 5.10 Å². The Morgan fingerprint density at radius 3 is 2.40 bits per heavy atom. The second-order valence-electron chi connectivity index (χ2n) is 8.81. The molecular weight excluding hydrogens is 467 g/mol. The van der Waals surface area contributed by atoms with E-state index >= 15 is 0 Å². The van der Waals surface area contributed by atoms with Gasteiger partial charge >= 0.3 is 0 Å². The topological polar surface area (TPSA) is 117 Å². The molecule has 184 valence electrons. The molecule has 35 heavy (non-hydrogen) atoms. The number of amides is 2. The number of nitrogens with zero attached hydrogens (tertiary/aromatic N) is 6. The van der Waals surface area contributed by atoms with E-state index in [1.165, 1.54) is 28.2 Å². The Morgan fingerprint density at radius 2 is 1.74 bits per heavy atom. The van der Waals surface area contributed by atoms with Crippen LogP contribution >= 0.6 is 0 Å². The number of carbonyl (C=O) groups is 3. The maximum atomic E-state index is 14.6. The molecule has 4 heterocycles. The smallest absolute Gasteiger partial charge is 0.295 e. The molecular formula is C22H22F3N7O3. The number of hydrogen-bond donors (Lipinski definition) is 1. The minimum absolute atomic E-state index is 0.0771. The second-order valence-corrected chi connectivity index (χ2v) is 8.81. The molecule has 2 fully saturated rings. The van der Waals surface area contributed by atoms with Gasteiger partial charge in [0.15, 0.2) is 11.6 Å². The summed E-state index contributed by atoms with van der Waals surface area (Å²) in [6, 6.07) is 0. The maximum Gasteiger partial charge on any atom is 0.295 e. The maximum absolute atomic E-state index is 14.6. The van der Waals surface area contributed by atoms with Crippen LogP contribution in [0.2, 0.25) is 0 Å². The minimum Gasteiger partial charge on any atom is -0.357 e. The summed E-state index contributed by atoms with van der Waals surface area (Å²) in [6.45, 7) is 0.645. The summed E-state index contributed by atoms with van der Waals surface area (Å²) in [7, 11) is 0. The monoisotopic (exact) mass is 489 g/mol. The highest BCUT2D eigenvalue weighted by Gasteiger charge is 2.39. The van der Waals surface area contributed by atoms with E-state index in [0.29, 0.717) is 0 Å². The summed E-state index contributed by atoms with van der Waals surface area (Å²) in [6.07, 6.45) is 4.81. The van der Waals surface area contributed by atoms with Gasteiger partial charge in [0, 0.05) is 51.1 Å². The molecule has 1 aliphatic carbocycles. The Bertz CT molecular complexity index is 1270. The molecule has 3 aromatic heterocycles. The van der Waals surface area contributed by atoms with Gasteiger partial charge in [0.2, 0.25) is 11.8 Å². The Morgan fingerprint density at radius 1 is 1.06 bits per heavy atom. The van der Waals surface area contributed by atoms with Crippen molar-refractivity contribution in [3.8, 4) is 5.82 Å². The lowest BCUT2D eigenvalue weighted by atomic mass is 9.86. The molecule has 13 heteroatoms. The summed E-state index contributed by atoms with van der Waals surface area (Å²) in [5.41, 5.74) is 0.0630. The van der Waals surface area contributed by atoms with Gasteiger partial charge in [0.1, 0.15) is 0 Å². The fourth-order valence-electron chi connectivity index (χ4n) is 4.70. The molecule has 0 atom stereocenters. The zero-order chi connectivity index (χ0) is 24.7. The number of halogens is 3. The van der Waals surface area contributed by atoms with Crippen molar-refractivity contribution < 1.29 is 27.6 Å². The normalized spacial score (nSPS) is 18.7. The quantitative estimate of drug-likeness (QED) is 0.442. The molecule has 0 bridgehead atoms. The summed E-state index contributed by atoms with van der Waals surface area (Å²) in [5.74, 6) is -5.59. The van der Waals surface area contributed by atoms with E-state index in [1.54, 1.807) is 4.90 Å². The number of piperazine rings is 1. The van der Waals surface area contributed by atoms with Crippen LogP contribution in [0.25, 0.3) is 16.7 Å². The number of hydrogen-bond acceptors (Lipinski definition) is 6. The molecule has 2 aliphatic rings. The molecule has 0 spiro atoms. The number of aromatic nitrogens is 5. The van der Waals surface area contributed by atoms with Crippen molar-refractivity contribution in [2.24, 2.45) is 5.92 Å². The fourth-order valence-corrected chi connectivity index (χ4v) is 4.70. The number of rotatable bonds is 4. The van der Waals surface area contributed by atoms with Crippen molar-refractivity contribution in [2.45, 2.75) is 31.6 Å². The van der Waals surface area contributed by atoms with E-state index in [4.69, 9.17) is 0 Å². The van der Waals surface area contributed by atoms with Crippen LogP contribution in [-0.4, -0.2) is 84.5 Å². The number of carbonyl (C=O) groups excluding carboxylic acids is 3. The van der Waals surface area contributed by atoms with Gasteiger partial charge in [-0.2, -0.15) is 0 Å². The third-order valence-electron chi connectivity index (χ3n) is 6.67. The SMILES string of the molecule is O=C(C(=O)N1CCN(C(=O)C2CCC(F)(F)CC2)CC1)c1c[nH]c2c(-n3ccnn3)ncc(F)c12. The number of fused-ring (bicyclic) bond motifs is 1. The minimum atomic E-state index is -2.71. The number of aromatic amines is 1. The first-order chi connectivity index (χ1) is 16.7. The van der Waals surface area contributed by atoms with E-state index < -0.39 is 29.3 Å². The van der Waals surface area contributed by atoms with Crippen molar-refractivity contribution in [2.75, 3.05) is 26.2 Å². The van der Waals surface area contributed by atoms with Crippen LogP contribution in [0.1, 0.15) is 36.0 Å². The number of H-pyrrole nitrogens is 1. The van der Waals surface area contributed by atoms with Crippen molar-refractivity contribution >= 4 is 28.5 Å². The van der Waals surface area contributed by atoms with E-state index in [2.05, 4.69) is 20.3 Å². The Labute approximate surface area is 197 Å². The van der Waals surface area contributed by atoms with Gasteiger partial charge < -0.3 is 14.8 Å². The van der Waals surface area contributed by atoms with Crippen LogP contribution < -0.4 is 0 Å². The van der Waals surface area contributed by atoms with Crippen molar-refractivity contribution in [3.63, 3.8) is 0 Å². The third kappa shape index (κ3) is 4.26. The largest absolute Gasteiger partial charge is 0.357 e.